The highest BCUT2D eigenvalue weighted by atomic mass is 19.1. The van der Waals surface area contributed by atoms with Crippen molar-refractivity contribution in [1.29, 1.82) is 0 Å². The molecule has 1 heterocycles. The van der Waals surface area contributed by atoms with Crippen LogP contribution in [0.4, 0.5) is 9.18 Å². The first-order valence-electron chi connectivity index (χ1n) is 5.21. The van der Waals surface area contributed by atoms with Crippen LogP contribution in [0.15, 0.2) is 43.0 Å². The number of aromatic nitrogens is 2. The third-order valence-corrected chi connectivity index (χ3v) is 2.45. The fourth-order valence-corrected chi connectivity index (χ4v) is 1.54. The SMILES string of the molecule is C[C@@H](NC(=O)n1ccnc1)c1ccccc1F. The molecular formula is C12H12FN3O. The second-order valence-corrected chi connectivity index (χ2v) is 3.66. The molecule has 0 unspecified atom stereocenters. The highest BCUT2D eigenvalue weighted by Gasteiger charge is 2.13. The van der Waals surface area contributed by atoms with E-state index in [0.717, 1.165) is 0 Å². The Hall–Kier alpha value is -2.17. The van der Waals surface area contributed by atoms with E-state index in [1.807, 2.05) is 0 Å². The van der Waals surface area contributed by atoms with Crippen molar-refractivity contribution >= 4 is 6.03 Å². The number of carbonyl (C=O) groups excluding carboxylic acids is 1. The molecule has 17 heavy (non-hydrogen) atoms. The third kappa shape index (κ3) is 2.50. The summed E-state index contributed by atoms with van der Waals surface area (Å²) < 4.78 is 14.8. The molecule has 2 aromatic rings. The molecule has 0 fully saturated rings. The number of hydrogen-bond acceptors (Lipinski definition) is 2. The summed E-state index contributed by atoms with van der Waals surface area (Å²) in [6, 6.07) is 5.63. The van der Waals surface area contributed by atoms with E-state index in [2.05, 4.69) is 10.3 Å². The van der Waals surface area contributed by atoms with E-state index < -0.39 is 6.04 Å². The van der Waals surface area contributed by atoms with Crippen molar-refractivity contribution in [2.75, 3.05) is 0 Å². The lowest BCUT2D eigenvalue weighted by atomic mass is 10.1. The number of hydrogen-bond donors (Lipinski definition) is 1. The van der Waals surface area contributed by atoms with Crippen LogP contribution < -0.4 is 5.32 Å². The second kappa shape index (κ2) is 4.78. The predicted octanol–water partition coefficient (Wildman–Crippen LogP) is 2.34. The quantitative estimate of drug-likeness (QED) is 0.865. The summed E-state index contributed by atoms with van der Waals surface area (Å²) >= 11 is 0. The molecule has 4 nitrogen and oxygen atoms in total. The minimum atomic E-state index is -0.397. The molecule has 1 amide bonds. The van der Waals surface area contributed by atoms with E-state index in [1.54, 1.807) is 25.1 Å². The molecule has 0 radical (unpaired) electrons. The van der Waals surface area contributed by atoms with Crippen molar-refractivity contribution in [3.63, 3.8) is 0 Å². The first kappa shape index (κ1) is 11.3. The zero-order valence-electron chi connectivity index (χ0n) is 9.30. The number of nitrogens with one attached hydrogen (secondary N) is 1. The van der Waals surface area contributed by atoms with Crippen LogP contribution in [0.3, 0.4) is 0 Å². The van der Waals surface area contributed by atoms with Crippen LogP contribution in [-0.4, -0.2) is 15.6 Å². The van der Waals surface area contributed by atoms with Crippen LogP contribution in [0.1, 0.15) is 18.5 Å². The number of carbonyl (C=O) groups is 1. The van der Waals surface area contributed by atoms with Gasteiger partial charge in [-0.15, -0.1) is 0 Å². The Morgan fingerprint density at radius 2 is 2.24 bits per heavy atom. The molecule has 0 aliphatic rings. The van der Waals surface area contributed by atoms with Gasteiger partial charge in [-0.25, -0.2) is 14.2 Å². The number of rotatable bonds is 2. The fraction of sp³-hybridized carbons (Fsp3) is 0.167. The number of nitrogens with zero attached hydrogens (tertiary/aromatic N) is 2. The molecule has 2 rings (SSSR count). The Morgan fingerprint density at radius 1 is 1.47 bits per heavy atom. The van der Waals surface area contributed by atoms with Gasteiger partial charge in [0.15, 0.2) is 0 Å². The minimum absolute atomic E-state index is 0.328. The molecule has 0 spiro atoms. The van der Waals surface area contributed by atoms with Gasteiger partial charge in [-0.3, -0.25) is 4.57 Å². The Morgan fingerprint density at radius 3 is 2.88 bits per heavy atom. The third-order valence-electron chi connectivity index (χ3n) is 2.45. The van der Waals surface area contributed by atoms with E-state index in [0.29, 0.717) is 5.56 Å². The topological polar surface area (TPSA) is 46.9 Å². The summed E-state index contributed by atoms with van der Waals surface area (Å²) in [4.78, 5) is 15.5. The molecule has 0 saturated heterocycles. The fourth-order valence-electron chi connectivity index (χ4n) is 1.54. The summed E-state index contributed by atoms with van der Waals surface area (Å²) in [6.45, 7) is 1.73. The molecule has 0 saturated carbocycles. The maximum atomic E-state index is 13.5. The zero-order valence-corrected chi connectivity index (χ0v) is 9.30. The van der Waals surface area contributed by atoms with Crippen molar-refractivity contribution in [2.45, 2.75) is 13.0 Å². The van der Waals surface area contributed by atoms with Crippen molar-refractivity contribution < 1.29 is 9.18 Å². The number of amides is 1. The Balaban J connectivity index is 2.10. The molecule has 1 aromatic heterocycles. The van der Waals surface area contributed by atoms with E-state index >= 15 is 0 Å². The summed E-state index contributed by atoms with van der Waals surface area (Å²) in [5.41, 5.74) is 0.459. The second-order valence-electron chi connectivity index (χ2n) is 3.66. The van der Waals surface area contributed by atoms with Gasteiger partial charge in [0.05, 0.1) is 6.04 Å². The molecule has 0 aliphatic heterocycles. The zero-order chi connectivity index (χ0) is 12.3. The summed E-state index contributed by atoms with van der Waals surface area (Å²) in [5, 5.41) is 2.68. The van der Waals surface area contributed by atoms with E-state index in [1.165, 1.54) is 29.4 Å². The first-order chi connectivity index (χ1) is 8.18. The molecule has 88 valence electrons. The molecule has 1 aromatic carbocycles. The van der Waals surface area contributed by atoms with Gasteiger partial charge in [0, 0.05) is 18.0 Å². The highest BCUT2D eigenvalue weighted by Crippen LogP contribution is 2.15. The van der Waals surface area contributed by atoms with Gasteiger partial charge in [-0.05, 0) is 13.0 Å². The van der Waals surface area contributed by atoms with Crippen LogP contribution in [0, 0.1) is 5.82 Å². The number of benzene rings is 1. The van der Waals surface area contributed by atoms with Crippen molar-refractivity contribution in [3.05, 3.63) is 54.4 Å². The summed E-state index contributed by atoms with van der Waals surface area (Å²) in [6.07, 6.45) is 4.43. The van der Waals surface area contributed by atoms with Gasteiger partial charge in [-0.2, -0.15) is 0 Å². The van der Waals surface area contributed by atoms with Crippen LogP contribution >= 0.6 is 0 Å². The van der Waals surface area contributed by atoms with Gasteiger partial charge >= 0.3 is 6.03 Å². The molecule has 1 N–H and O–H groups in total. The van der Waals surface area contributed by atoms with E-state index in [4.69, 9.17) is 0 Å². The van der Waals surface area contributed by atoms with Crippen molar-refractivity contribution in [3.8, 4) is 0 Å². The molecular weight excluding hydrogens is 221 g/mol. The average Bonchev–Trinajstić information content (AvgIpc) is 2.82. The molecule has 0 aliphatic carbocycles. The normalized spacial score (nSPS) is 12.1. The van der Waals surface area contributed by atoms with E-state index in [-0.39, 0.29) is 11.8 Å². The van der Waals surface area contributed by atoms with Crippen molar-refractivity contribution in [1.82, 2.24) is 14.9 Å². The summed E-state index contributed by atoms with van der Waals surface area (Å²) in [7, 11) is 0. The maximum absolute atomic E-state index is 13.5. The smallest absolute Gasteiger partial charge is 0.327 e. The monoisotopic (exact) mass is 233 g/mol. The molecule has 1 atom stereocenters. The van der Waals surface area contributed by atoms with Gasteiger partial charge in [0.1, 0.15) is 12.1 Å². The summed E-state index contributed by atoms with van der Waals surface area (Å²) in [5.74, 6) is -0.328. The maximum Gasteiger partial charge on any atom is 0.327 e. The van der Waals surface area contributed by atoms with Crippen LogP contribution in [0.25, 0.3) is 0 Å². The highest BCUT2D eigenvalue weighted by molar-refractivity contribution is 5.76. The first-order valence-corrected chi connectivity index (χ1v) is 5.21. The van der Waals surface area contributed by atoms with Crippen LogP contribution in [-0.2, 0) is 0 Å². The largest absolute Gasteiger partial charge is 0.331 e. The predicted molar refractivity (Wildman–Crippen MR) is 61.0 cm³/mol. The Bertz CT molecular complexity index is 510. The Labute approximate surface area is 98.1 Å². The molecule has 5 heteroatoms. The van der Waals surface area contributed by atoms with Gasteiger partial charge in [-0.1, -0.05) is 18.2 Å². The lowest BCUT2D eigenvalue weighted by molar-refractivity contribution is 0.239. The standard InChI is InChI=1S/C12H12FN3O/c1-9(10-4-2-3-5-11(10)13)15-12(17)16-7-6-14-8-16/h2-9H,1H3,(H,15,17)/t9-/m1/s1. The Kier molecular flexibility index (Phi) is 3.18. The average molecular weight is 233 g/mol. The molecule has 0 bridgehead atoms. The van der Waals surface area contributed by atoms with Crippen molar-refractivity contribution in [2.24, 2.45) is 0 Å². The van der Waals surface area contributed by atoms with E-state index in [9.17, 15) is 9.18 Å². The van der Waals surface area contributed by atoms with Crippen LogP contribution in [0.2, 0.25) is 0 Å². The van der Waals surface area contributed by atoms with Gasteiger partial charge in [0.25, 0.3) is 0 Å². The van der Waals surface area contributed by atoms with Crippen LogP contribution in [0.5, 0.6) is 0 Å². The lowest BCUT2D eigenvalue weighted by Crippen LogP contribution is -2.30. The number of halogens is 1. The lowest BCUT2D eigenvalue weighted by Gasteiger charge is -2.14. The number of imidazole rings is 1. The van der Waals surface area contributed by atoms with Gasteiger partial charge in [0.2, 0.25) is 0 Å². The van der Waals surface area contributed by atoms with Gasteiger partial charge < -0.3 is 5.32 Å². The minimum Gasteiger partial charge on any atom is -0.331 e.